The summed E-state index contributed by atoms with van der Waals surface area (Å²) in [5.41, 5.74) is 1.51. The number of nitrogens with zero attached hydrogens (tertiary/aromatic N) is 2. The van der Waals surface area contributed by atoms with E-state index in [4.69, 9.17) is 16.9 Å². The SMILES string of the molecule is CCN(c1ccccc1F)c1cc(Cl)ccc1C#N. The number of anilines is 2. The molecule has 0 atom stereocenters. The van der Waals surface area contributed by atoms with E-state index >= 15 is 0 Å². The van der Waals surface area contributed by atoms with Crippen LogP contribution in [0.1, 0.15) is 12.5 Å². The Kier molecular flexibility index (Phi) is 4.03. The third kappa shape index (κ3) is 2.69. The summed E-state index contributed by atoms with van der Waals surface area (Å²) in [7, 11) is 0. The van der Waals surface area contributed by atoms with Crippen LogP contribution >= 0.6 is 11.6 Å². The minimum absolute atomic E-state index is 0.326. The monoisotopic (exact) mass is 274 g/mol. The van der Waals surface area contributed by atoms with Crippen LogP contribution in [-0.4, -0.2) is 6.54 Å². The molecular weight excluding hydrogens is 263 g/mol. The first-order valence-electron chi connectivity index (χ1n) is 5.89. The van der Waals surface area contributed by atoms with Crippen LogP contribution in [0.4, 0.5) is 15.8 Å². The molecule has 4 heteroatoms. The molecular formula is C15H12ClFN2. The molecule has 0 N–H and O–H groups in total. The second-order valence-corrected chi connectivity index (χ2v) is 4.41. The Morgan fingerprint density at radius 2 is 1.95 bits per heavy atom. The third-order valence-electron chi connectivity index (χ3n) is 2.83. The van der Waals surface area contributed by atoms with Gasteiger partial charge in [-0.25, -0.2) is 4.39 Å². The molecule has 0 aliphatic carbocycles. The number of hydrogen-bond acceptors (Lipinski definition) is 2. The summed E-state index contributed by atoms with van der Waals surface area (Å²) in [6, 6.07) is 13.5. The van der Waals surface area contributed by atoms with E-state index in [0.717, 1.165) is 0 Å². The summed E-state index contributed by atoms with van der Waals surface area (Å²) in [4.78, 5) is 1.74. The fraction of sp³-hybridized carbons (Fsp3) is 0.133. The summed E-state index contributed by atoms with van der Waals surface area (Å²) >= 11 is 5.97. The number of hydrogen-bond donors (Lipinski definition) is 0. The highest BCUT2D eigenvalue weighted by Crippen LogP contribution is 2.31. The largest absolute Gasteiger partial charge is 0.338 e. The maximum absolute atomic E-state index is 13.9. The number of rotatable bonds is 3. The van der Waals surface area contributed by atoms with E-state index in [1.165, 1.54) is 6.07 Å². The van der Waals surface area contributed by atoms with E-state index in [1.807, 2.05) is 6.92 Å². The van der Waals surface area contributed by atoms with Gasteiger partial charge >= 0.3 is 0 Å². The Labute approximate surface area is 116 Å². The van der Waals surface area contributed by atoms with Crippen LogP contribution in [-0.2, 0) is 0 Å². The summed E-state index contributed by atoms with van der Waals surface area (Å²) in [5, 5.41) is 9.67. The molecule has 0 aliphatic heterocycles. The molecule has 0 unspecified atom stereocenters. The molecule has 0 saturated carbocycles. The fourth-order valence-corrected chi connectivity index (χ4v) is 2.13. The van der Waals surface area contributed by atoms with Gasteiger partial charge in [0, 0.05) is 11.6 Å². The molecule has 0 saturated heterocycles. The molecule has 0 heterocycles. The highest BCUT2D eigenvalue weighted by Gasteiger charge is 2.15. The molecule has 0 radical (unpaired) electrons. The lowest BCUT2D eigenvalue weighted by atomic mass is 10.1. The van der Waals surface area contributed by atoms with Crippen molar-refractivity contribution in [2.24, 2.45) is 0 Å². The van der Waals surface area contributed by atoms with E-state index in [-0.39, 0.29) is 5.82 Å². The number of halogens is 2. The summed E-state index contributed by atoms with van der Waals surface area (Å²) < 4.78 is 13.9. The van der Waals surface area contributed by atoms with Crippen LogP contribution in [0.25, 0.3) is 0 Å². The van der Waals surface area contributed by atoms with Crippen LogP contribution < -0.4 is 4.90 Å². The van der Waals surface area contributed by atoms with Gasteiger partial charge in [-0.3, -0.25) is 0 Å². The molecule has 0 fully saturated rings. The lowest BCUT2D eigenvalue weighted by Crippen LogP contribution is -2.18. The van der Waals surface area contributed by atoms with E-state index in [1.54, 1.807) is 41.3 Å². The summed E-state index contributed by atoms with van der Waals surface area (Å²) in [6.45, 7) is 2.43. The minimum atomic E-state index is -0.326. The van der Waals surface area contributed by atoms with Crippen LogP contribution in [0, 0.1) is 17.1 Å². The molecule has 0 aliphatic rings. The molecule has 0 amide bonds. The van der Waals surface area contributed by atoms with Gasteiger partial charge in [0.15, 0.2) is 0 Å². The van der Waals surface area contributed by atoms with Gasteiger partial charge in [0.1, 0.15) is 11.9 Å². The molecule has 2 aromatic rings. The zero-order chi connectivity index (χ0) is 13.8. The fourth-order valence-electron chi connectivity index (χ4n) is 1.96. The van der Waals surface area contributed by atoms with Crippen molar-refractivity contribution in [2.75, 3.05) is 11.4 Å². The first-order chi connectivity index (χ1) is 9.17. The van der Waals surface area contributed by atoms with E-state index < -0.39 is 0 Å². The quantitative estimate of drug-likeness (QED) is 0.823. The van der Waals surface area contributed by atoms with Gasteiger partial charge < -0.3 is 4.90 Å². The Morgan fingerprint density at radius 3 is 2.58 bits per heavy atom. The molecule has 0 aromatic heterocycles. The van der Waals surface area contributed by atoms with Crippen molar-refractivity contribution in [1.82, 2.24) is 0 Å². The van der Waals surface area contributed by atoms with Gasteiger partial charge in [0.05, 0.1) is 16.9 Å². The van der Waals surface area contributed by atoms with Gasteiger partial charge in [-0.05, 0) is 37.3 Å². The molecule has 2 aromatic carbocycles. The minimum Gasteiger partial charge on any atom is -0.338 e. The van der Waals surface area contributed by atoms with Gasteiger partial charge in [-0.1, -0.05) is 23.7 Å². The third-order valence-corrected chi connectivity index (χ3v) is 3.07. The molecule has 2 rings (SSSR count). The van der Waals surface area contributed by atoms with Crippen molar-refractivity contribution >= 4 is 23.0 Å². The molecule has 0 spiro atoms. The maximum Gasteiger partial charge on any atom is 0.146 e. The second-order valence-electron chi connectivity index (χ2n) is 3.97. The van der Waals surface area contributed by atoms with E-state index in [2.05, 4.69) is 6.07 Å². The van der Waals surface area contributed by atoms with Gasteiger partial charge in [0.2, 0.25) is 0 Å². The first-order valence-corrected chi connectivity index (χ1v) is 6.27. The Balaban J connectivity index is 2.58. The zero-order valence-electron chi connectivity index (χ0n) is 10.4. The predicted molar refractivity (Wildman–Crippen MR) is 75.2 cm³/mol. The Hall–Kier alpha value is -2.05. The van der Waals surface area contributed by atoms with Crippen LogP contribution in [0.2, 0.25) is 5.02 Å². The standard InChI is InChI=1S/C15H12ClFN2/c1-2-19(14-6-4-3-5-13(14)17)15-9-12(16)8-7-11(15)10-18/h3-9H,2H2,1H3. The number of para-hydroxylation sites is 1. The first kappa shape index (κ1) is 13.4. The molecule has 0 bridgehead atoms. The van der Waals surface area contributed by atoms with Crippen molar-refractivity contribution in [1.29, 1.82) is 5.26 Å². The highest BCUT2D eigenvalue weighted by molar-refractivity contribution is 6.30. The molecule has 2 nitrogen and oxygen atoms in total. The van der Waals surface area contributed by atoms with Crippen LogP contribution in [0.5, 0.6) is 0 Å². The summed E-state index contributed by atoms with van der Waals surface area (Å²) in [6.07, 6.45) is 0. The highest BCUT2D eigenvalue weighted by atomic mass is 35.5. The van der Waals surface area contributed by atoms with E-state index in [9.17, 15) is 4.39 Å². The molecule has 96 valence electrons. The normalized spacial score (nSPS) is 10.0. The molecule has 19 heavy (non-hydrogen) atoms. The van der Waals surface area contributed by atoms with Crippen molar-refractivity contribution in [3.63, 3.8) is 0 Å². The van der Waals surface area contributed by atoms with Crippen molar-refractivity contribution < 1.29 is 4.39 Å². The summed E-state index contributed by atoms with van der Waals surface area (Å²) in [5.74, 6) is -0.326. The van der Waals surface area contributed by atoms with Gasteiger partial charge in [-0.2, -0.15) is 5.26 Å². The average molecular weight is 275 g/mol. The van der Waals surface area contributed by atoms with Crippen LogP contribution in [0.3, 0.4) is 0 Å². The Bertz CT molecular complexity index is 634. The van der Waals surface area contributed by atoms with Crippen molar-refractivity contribution in [2.45, 2.75) is 6.92 Å². The second kappa shape index (κ2) is 5.73. The van der Waals surface area contributed by atoms with Gasteiger partial charge in [-0.15, -0.1) is 0 Å². The van der Waals surface area contributed by atoms with E-state index in [0.29, 0.717) is 28.5 Å². The lowest BCUT2D eigenvalue weighted by Gasteiger charge is -2.24. The predicted octanol–water partition coefficient (Wildman–Crippen LogP) is 4.51. The lowest BCUT2D eigenvalue weighted by molar-refractivity contribution is 0.625. The average Bonchev–Trinajstić information content (AvgIpc) is 2.42. The van der Waals surface area contributed by atoms with Crippen molar-refractivity contribution in [3.8, 4) is 6.07 Å². The topological polar surface area (TPSA) is 27.0 Å². The number of nitriles is 1. The number of benzene rings is 2. The smallest absolute Gasteiger partial charge is 0.146 e. The van der Waals surface area contributed by atoms with Gasteiger partial charge in [0.25, 0.3) is 0 Å². The van der Waals surface area contributed by atoms with Crippen molar-refractivity contribution in [3.05, 3.63) is 58.9 Å². The zero-order valence-corrected chi connectivity index (χ0v) is 11.2. The van der Waals surface area contributed by atoms with Crippen LogP contribution in [0.15, 0.2) is 42.5 Å². The Morgan fingerprint density at radius 1 is 1.21 bits per heavy atom. The maximum atomic E-state index is 13.9.